The van der Waals surface area contributed by atoms with E-state index >= 15 is 0 Å². The number of carbonyl (C=O) groups excluding carboxylic acids is 2. The summed E-state index contributed by atoms with van der Waals surface area (Å²) in [5.74, 6) is -1.18. The molecule has 5 nitrogen and oxygen atoms in total. The Morgan fingerprint density at radius 1 is 1.08 bits per heavy atom. The average molecular weight is 397 g/mol. The monoisotopic (exact) mass is 396 g/mol. The molecule has 0 heterocycles. The molecule has 0 fully saturated rings. The first kappa shape index (κ1) is 19.8. The predicted molar refractivity (Wildman–Crippen MR) is 98.3 cm³/mol. The predicted octanol–water partition coefficient (Wildman–Crippen LogP) is 3.76. The Morgan fingerprint density at radius 2 is 1.77 bits per heavy atom. The van der Waals surface area contributed by atoms with Crippen LogP contribution in [0.4, 0.5) is 4.39 Å². The van der Waals surface area contributed by atoms with Crippen LogP contribution < -0.4 is 15.6 Å². The number of ether oxygens (including phenoxy) is 1. The number of halogens is 3. The highest BCUT2D eigenvalue weighted by Gasteiger charge is 2.14. The summed E-state index contributed by atoms with van der Waals surface area (Å²) in [6.07, 6.45) is 1.85. The topological polar surface area (TPSA) is 67.4 Å². The van der Waals surface area contributed by atoms with E-state index in [4.69, 9.17) is 27.9 Å². The smallest absolute Gasteiger partial charge is 0.279 e. The van der Waals surface area contributed by atoms with Crippen LogP contribution >= 0.6 is 23.2 Å². The van der Waals surface area contributed by atoms with Crippen molar-refractivity contribution in [3.63, 3.8) is 0 Å². The first-order valence-corrected chi connectivity index (χ1v) is 8.26. The molecule has 0 aliphatic heterocycles. The SMILES string of the molecule is CC(Oc1ccc(F)cc1)C(=O)NNC(=O)/C=C/c1ccc(Cl)c(Cl)c1. The molecule has 2 N–H and O–H groups in total. The quantitative estimate of drug-likeness (QED) is 0.597. The van der Waals surface area contributed by atoms with E-state index in [2.05, 4.69) is 10.9 Å². The van der Waals surface area contributed by atoms with Gasteiger partial charge in [0.1, 0.15) is 11.6 Å². The Bertz CT molecular complexity index is 826. The van der Waals surface area contributed by atoms with Crippen LogP contribution in [0.25, 0.3) is 6.08 Å². The first-order chi connectivity index (χ1) is 12.3. The van der Waals surface area contributed by atoms with E-state index in [1.807, 2.05) is 0 Å². The van der Waals surface area contributed by atoms with Crippen LogP contribution in [0.2, 0.25) is 10.0 Å². The van der Waals surface area contributed by atoms with E-state index < -0.39 is 23.7 Å². The molecule has 2 amide bonds. The van der Waals surface area contributed by atoms with Crippen LogP contribution in [-0.2, 0) is 9.59 Å². The number of benzene rings is 2. The Balaban J connectivity index is 1.81. The van der Waals surface area contributed by atoms with Crippen LogP contribution in [0.5, 0.6) is 5.75 Å². The maximum atomic E-state index is 12.8. The molecule has 136 valence electrons. The summed E-state index contributed by atoms with van der Waals surface area (Å²) in [4.78, 5) is 23.6. The lowest BCUT2D eigenvalue weighted by Gasteiger charge is -2.14. The number of carbonyl (C=O) groups is 2. The van der Waals surface area contributed by atoms with Gasteiger partial charge < -0.3 is 4.74 Å². The average Bonchev–Trinajstić information content (AvgIpc) is 2.62. The van der Waals surface area contributed by atoms with Crippen LogP contribution in [0, 0.1) is 5.82 Å². The minimum Gasteiger partial charge on any atom is -0.481 e. The van der Waals surface area contributed by atoms with E-state index in [1.165, 1.54) is 43.3 Å². The van der Waals surface area contributed by atoms with Crippen molar-refractivity contribution in [3.8, 4) is 5.75 Å². The van der Waals surface area contributed by atoms with Gasteiger partial charge in [0.15, 0.2) is 6.10 Å². The number of hydrogen-bond donors (Lipinski definition) is 2. The molecule has 2 rings (SSSR count). The van der Waals surface area contributed by atoms with Gasteiger partial charge in [-0.25, -0.2) is 4.39 Å². The standard InChI is InChI=1S/C18H15Cl2FN2O3/c1-11(26-14-6-4-13(21)5-7-14)18(25)23-22-17(24)9-3-12-2-8-15(19)16(20)10-12/h2-11H,1H3,(H,22,24)(H,23,25)/b9-3+. The summed E-state index contributed by atoms with van der Waals surface area (Å²) in [5, 5.41) is 0.782. The second-order valence-electron chi connectivity index (χ2n) is 5.20. The molecule has 0 aliphatic rings. The highest BCUT2D eigenvalue weighted by Crippen LogP contribution is 2.23. The van der Waals surface area contributed by atoms with Gasteiger partial charge in [-0.3, -0.25) is 20.4 Å². The summed E-state index contributed by atoms with van der Waals surface area (Å²) < 4.78 is 18.2. The van der Waals surface area contributed by atoms with Crippen molar-refractivity contribution < 1.29 is 18.7 Å². The van der Waals surface area contributed by atoms with Crippen molar-refractivity contribution in [1.82, 2.24) is 10.9 Å². The second-order valence-corrected chi connectivity index (χ2v) is 6.01. The van der Waals surface area contributed by atoms with Gasteiger partial charge in [0.2, 0.25) is 0 Å². The minimum atomic E-state index is -0.889. The molecule has 1 atom stereocenters. The maximum Gasteiger partial charge on any atom is 0.279 e. The molecule has 2 aromatic rings. The van der Waals surface area contributed by atoms with Crippen LogP contribution in [0.1, 0.15) is 12.5 Å². The fourth-order valence-electron chi connectivity index (χ4n) is 1.83. The number of hydrazine groups is 1. The fraction of sp³-hybridized carbons (Fsp3) is 0.111. The van der Waals surface area contributed by atoms with Gasteiger partial charge >= 0.3 is 0 Å². The lowest BCUT2D eigenvalue weighted by atomic mass is 10.2. The van der Waals surface area contributed by atoms with Gasteiger partial charge in [0.25, 0.3) is 11.8 Å². The Kier molecular flexibility index (Phi) is 7.00. The van der Waals surface area contributed by atoms with E-state index in [-0.39, 0.29) is 0 Å². The lowest BCUT2D eigenvalue weighted by Crippen LogP contribution is -2.46. The molecule has 0 radical (unpaired) electrons. The molecule has 0 spiro atoms. The third-order valence-electron chi connectivity index (χ3n) is 3.18. The summed E-state index contributed by atoms with van der Waals surface area (Å²) in [6, 6.07) is 10.1. The summed E-state index contributed by atoms with van der Waals surface area (Å²) in [6.45, 7) is 1.50. The third kappa shape index (κ3) is 6.06. The lowest BCUT2D eigenvalue weighted by molar-refractivity contribution is -0.131. The van der Waals surface area contributed by atoms with Gasteiger partial charge in [-0.05, 0) is 55.0 Å². The molecule has 0 saturated heterocycles. The molecular weight excluding hydrogens is 382 g/mol. The second kappa shape index (κ2) is 9.22. The van der Waals surface area contributed by atoms with Crippen molar-refractivity contribution in [2.75, 3.05) is 0 Å². The molecule has 8 heteroatoms. The van der Waals surface area contributed by atoms with Crippen molar-refractivity contribution in [1.29, 1.82) is 0 Å². The first-order valence-electron chi connectivity index (χ1n) is 7.50. The zero-order valence-electron chi connectivity index (χ0n) is 13.6. The molecule has 0 bridgehead atoms. The van der Waals surface area contributed by atoms with Crippen molar-refractivity contribution in [2.24, 2.45) is 0 Å². The van der Waals surface area contributed by atoms with E-state index in [9.17, 15) is 14.0 Å². The number of rotatable bonds is 5. The Labute approximate surface area is 159 Å². The molecule has 2 aromatic carbocycles. The fourth-order valence-corrected chi connectivity index (χ4v) is 2.13. The van der Waals surface area contributed by atoms with Gasteiger partial charge in [0, 0.05) is 6.08 Å². The number of amides is 2. The van der Waals surface area contributed by atoms with Gasteiger partial charge in [-0.1, -0.05) is 29.3 Å². The summed E-state index contributed by atoms with van der Waals surface area (Å²) >= 11 is 11.7. The molecular formula is C18H15Cl2FN2O3. The largest absolute Gasteiger partial charge is 0.481 e. The zero-order chi connectivity index (χ0) is 19.1. The third-order valence-corrected chi connectivity index (χ3v) is 3.91. The molecule has 26 heavy (non-hydrogen) atoms. The minimum absolute atomic E-state index is 0.333. The molecule has 1 unspecified atom stereocenters. The highest BCUT2D eigenvalue weighted by atomic mass is 35.5. The van der Waals surface area contributed by atoms with Gasteiger partial charge in [-0.15, -0.1) is 0 Å². The van der Waals surface area contributed by atoms with Crippen molar-refractivity contribution >= 4 is 41.1 Å². The zero-order valence-corrected chi connectivity index (χ0v) is 15.1. The van der Waals surface area contributed by atoms with E-state index in [0.29, 0.717) is 21.4 Å². The van der Waals surface area contributed by atoms with Gasteiger partial charge in [-0.2, -0.15) is 0 Å². The number of nitrogens with one attached hydrogen (secondary N) is 2. The highest BCUT2D eigenvalue weighted by molar-refractivity contribution is 6.42. The Morgan fingerprint density at radius 3 is 2.42 bits per heavy atom. The normalized spacial score (nSPS) is 11.8. The van der Waals surface area contributed by atoms with Crippen LogP contribution in [-0.4, -0.2) is 17.9 Å². The summed E-state index contributed by atoms with van der Waals surface area (Å²) in [5.41, 5.74) is 5.14. The Hall–Kier alpha value is -2.57. The van der Waals surface area contributed by atoms with Crippen molar-refractivity contribution in [3.05, 3.63) is 70.0 Å². The molecule has 0 aromatic heterocycles. The van der Waals surface area contributed by atoms with Crippen LogP contribution in [0.3, 0.4) is 0 Å². The van der Waals surface area contributed by atoms with Gasteiger partial charge in [0.05, 0.1) is 10.0 Å². The summed E-state index contributed by atoms with van der Waals surface area (Å²) in [7, 11) is 0. The van der Waals surface area contributed by atoms with Crippen molar-refractivity contribution in [2.45, 2.75) is 13.0 Å². The molecule has 0 aliphatic carbocycles. The van der Waals surface area contributed by atoms with E-state index in [1.54, 1.807) is 18.2 Å². The maximum absolute atomic E-state index is 12.8. The van der Waals surface area contributed by atoms with Crippen LogP contribution in [0.15, 0.2) is 48.5 Å². The van der Waals surface area contributed by atoms with E-state index in [0.717, 1.165) is 0 Å². The molecule has 0 saturated carbocycles. The number of hydrogen-bond acceptors (Lipinski definition) is 3.